The SMILES string of the molecule is COc1ccc(-c2ccc(-c3cc4c(cn3)[C@@H]3C[C@H](C4)C3(C)C)nc2)cc1. The van der Waals surface area contributed by atoms with Gasteiger partial charge < -0.3 is 4.74 Å². The van der Waals surface area contributed by atoms with Crippen LogP contribution in [0, 0.1) is 11.3 Å². The highest BCUT2D eigenvalue weighted by molar-refractivity contribution is 5.66. The molecule has 2 bridgehead atoms. The lowest BCUT2D eigenvalue weighted by atomic mass is 9.47. The van der Waals surface area contributed by atoms with E-state index in [1.165, 1.54) is 24.0 Å². The Kier molecular flexibility index (Phi) is 3.61. The molecule has 3 nitrogen and oxygen atoms in total. The lowest BCUT2D eigenvalue weighted by Gasteiger charge is -2.57. The highest BCUT2D eigenvalue weighted by Gasteiger charge is 2.52. The number of pyridine rings is 2. The molecule has 27 heavy (non-hydrogen) atoms. The van der Waals surface area contributed by atoms with Crippen molar-refractivity contribution in [1.82, 2.24) is 9.97 Å². The number of hydrogen-bond donors (Lipinski definition) is 0. The lowest BCUT2D eigenvalue weighted by molar-refractivity contribution is 0.0183. The van der Waals surface area contributed by atoms with Crippen LogP contribution < -0.4 is 4.74 Å². The lowest BCUT2D eigenvalue weighted by Crippen LogP contribution is -2.48. The van der Waals surface area contributed by atoms with Crippen LogP contribution in [0.3, 0.4) is 0 Å². The average molecular weight is 356 g/mol. The molecule has 0 radical (unpaired) electrons. The monoisotopic (exact) mass is 356 g/mol. The summed E-state index contributed by atoms with van der Waals surface area (Å²) in [6.45, 7) is 4.81. The largest absolute Gasteiger partial charge is 0.497 e. The minimum atomic E-state index is 0.439. The maximum atomic E-state index is 5.23. The number of rotatable bonds is 3. The fourth-order valence-electron chi connectivity index (χ4n) is 4.79. The first kappa shape index (κ1) is 16.5. The molecule has 136 valence electrons. The summed E-state index contributed by atoms with van der Waals surface area (Å²) < 4.78 is 5.23. The zero-order valence-electron chi connectivity index (χ0n) is 16.1. The number of benzene rings is 1. The van der Waals surface area contributed by atoms with Crippen molar-refractivity contribution in [2.45, 2.75) is 32.6 Å². The van der Waals surface area contributed by atoms with E-state index in [0.717, 1.165) is 34.2 Å². The van der Waals surface area contributed by atoms with Gasteiger partial charge in [-0.2, -0.15) is 0 Å². The average Bonchev–Trinajstić information content (AvgIpc) is 2.73. The topological polar surface area (TPSA) is 35.0 Å². The van der Waals surface area contributed by atoms with Crippen LogP contribution in [0.4, 0.5) is 0 Å². The Morgan fingerprint density at radius 2 is 1.67 bits per heavy atom. The van der Waals surface area contributed by atoms with Crippen LogP contribution >= 0.6 is 0 Å². The standard InChI is InChI=1S/C24H24N2O/c1-24(2)18-10-17-11-23(26-14-20(17)21(24)12-18)22-9-6-16(13-25-22)15-4-7-19(27-3)8-5-15/h4-9,11,13-14,18,21H,10,12H2,1-3H3/t18-,21-/m0/s1. The molecule has 2 aromatic heterocycles. The predicted octanol–water partition coefficient (Wildman–Crippen LogP) is 5.51. The maximum Gasteiger partial charge on any atom is 0.118 e. The van der Waals surface area contributed by atoms with Gasteiger partial charge in [0.1, 0.15) is 5.75 Å². The molecule has 3 aliphatic rings. The van der Waals surface area contributed by atoms with Gasteiger partial charge in [0.25, 0.3) is 0 Å². The first-order valence-corrected chi connectivity index (χ1v) is 9.66. The van der Waals surface area contributed by atoms with Gasteiger partial charge in [0, 0.05) is 18.0 Å². The number of aromatic nitrogens is 2. The zero-order valence-corrected chi connectivity index (χ0v) is 16.1. The molecular formula is C24H24N2O. The van der Waals surface area contributed by atoms with Crippen LogP contribution in [-0.2, 0) is 6.42 Å². The number of ether oxygens (including phenoxy) is 1. The molecule has 1 fully saturated rings. The van der Waals surface area contributed by atoms with Gasteiger partial charge in [-0.15, -0.1) is 0 Å². The summed E-state index contributed by atoms with van der Waals surface area (Å²) in [4.78, 5) is 9.43. The molecule has 2 heterocycles. The second kappa shape index (κ2) is 5.91. The summed E-state index contributed by atoms with van der Waals surface area (Å²) in [5.74, 6) is 2.36. The number of hydrogen-bond acceptors (Lipinski definition) is 3. The second-order valence-electron chi connectivity index (χ2n) is 8.44. The van der Waals surface area contributed by atoms with Gasteiger partial charge in [-0.05, 0) is 71.0 Å². The summed E-state index contributed by atoms with van der Waals surface area (Å²) in [5, 5.41) is 0. The fourth-order valence-corrected chi connectivity index (χ4v) is 4.79. The van der Waals surface area contributed by atoms with Gasteiger partial charge in [-0.3, -0.25) is 9.97 Å². The minimum Gasteiger partial charge on any atom is -0.497 e. The van der Waals surface area contributed by atoms with Crippen molar-refractivity contribution in [3.05, 3.63) is 66.0 Å². The van der Waals surface area contributed by atoms with Crippen molar-refractivity contribution in [3.8, 4) is 28.3 Å². The molecule has 3 aliphatic carbocycles. The summed E-state index contributed by atoms with van der Waals surface area (Å²) in [6, 6.07) is 14.5. The summed E-state index contributed by atoms with van der Waals surface area (Å²) >= 11 is 0. The van der Waals surface area contributed by atoms with E-state index >= 15 is 0 Å². The van der Waals surface area contributed by atoms with E-state index in [1.807, 2.05) is 18.3 Å². The number of nitrogens with zero attached hydrogens (tertiary/aromatic N) is 2. The second-order valence-corrected chi connectivity index (χ2v) is 8.44. The van der Waals surface area contributed by atoms with Crippen molar-refractivity contribution in [3.63, 3.8) is 0 Å². The van der Waals surface area contributed by atoms with Crippen molar-refractivity contribution in [1.29, 1.82) is 0 Å². The summed E-state index contributed by atoms with van der Waals surface area (Å²) in [7, 11) is 1.68. The third-order valence-corrected chi connectivity index (χ3v) is 6.79. The molecule has 3 heteroatoms. The molecule has 0 aliphatic heterocycles. The molecule has 0 spiro atoms. The van der Waals surface area contributed by atoms with Crippen LogP contribution in [0.5, 0.6) is 5.75 Å². The maximum absolute atomic E-state index is 5.23. The molecule has 2 atom stereocenters. The smallest absolute Gasteiger partial charge is 0.118 e. The van der Waals surface area contributed by atoms with E-state index in [9.17, 15) is 0 Å². The van der Waals surface area contributed by atoms with Gasteiger partial charge in [-0.25, -0.2) is 0 Å². The molecule has 0 N–H and O–H groups in total. The Labute approximate surface area is 160 Å². The van der Waals surface area contributed by atoms with Crippen LogP contribution in [0.1, 0.15) is 37.3 Å². The third kappa shape index (κ3) is 2.56. The first-order valence-electron chi connectivity index (χ1n) is 9.66. The molecule has 3 aromatic rings. The molecule has 1 aromatic carbocycles. The van der Waals surface area contributed by atoms with Crippen LogP contribution in [0.25, 0.3) is 22.5 Å². The van der Waals surface area contributed by atoms with Crippen molar-refractivity contribution < 1.29 is 4.74 Å². The molecule has 0 unspecified atom stereocenters. The molecular weight excluding hydrogens is 332 g/mol. The first-order chi connectivity index (χ1) is 13.1. The van der Waals surface area contributed by atoms with E-state index in [1.54, 1.807) is 7.11 Å². The van der Waals surface area contributed by atoms with Gasteiger partial charge >= 0.3 is 0 Å². The van der Waals surface area contributed by atoms with Crippen LogP contribution in [0.15, 0.2) is 54.9 Å². The highest BCUT2D eigenvalue weighted by Crippen LogP contribution is 2.62. The van der Waals surface area contributed by atoms with E-state index in [0.29, 0.717) is 11.3 Å². The van der Waals surface area contributed by atoms with Crippen molar-refractivity contribution >= 4 is 0 Å². The van der Waals surface area contributed by atoms with Gasteiger partial charge in [0.2, 0.25) is 0 Å². The molecule has 1 saturated carbocycles. The molecule has 0 amide bonds. The highest BCUT2D eigenvalue weighted by atomic mass is 16.5. The van der Waals surface area contributed by atoms with E-state index in [2.05, 4.69) is 55.4 Å². The summed E-state index contributed by atoms with van der Waals surface area (Å²) in [5.41, 5.74) is 7.53. The zero-order chi connectivity index (χ0) is 18.6. The Morgan fingerprint density at radius 3 is 2.33 bits per heavy atom. The molecule has 0 saturated heterocycles. The van der Waals surface area contributed by atoms with E-state index < -0.39 is 0 Å². The Hall–Kier alpha value is -2.68. The summed E-state index contributed by atoms with van der Waals surface area (Å²) in [6.07, 6.45) is 6.54. The quantitative estimate of drug-likeness (QED) is 0.621. The van der Waals surface area contributed by atoms with Crippen molar-refractivity contribution in [2.24, 2.45) is 11.3 Å². The Balaban J connectivity index is 1.42. The third-order valence-electron chi connectivity index (χ3n) is 6.79. The van der Waals surface area contributed by atoms with Crippen LogP contribution in [-0.4, -0.2) is 17.1 Å². The van der Waals surface area contributed by atoms with Crippen LogP contribution in [0.2, 0.25) is 0 Å². The van der Waals surface area contributed by atoms with Crippen molar-refractivity contribution in [2.75, 3.05) is 7.11 Å². The van der Waals surface area contributed by atoms with E-state index in [4.69, 9.17) is 9.72 Å². The van der Waals surface area contributed by atoms with Gasteiger partial charge in [0.05, 0.1) is 18.5 Å². The Bertz CT molecular complexity index is 990. The van der Waals surface area contributed by atoms with Gasteiger partial charge in [-0.1, -0.05) is 32.0 Å². The molecule has 6 rings (SSSR count). The Morgan fingerprint density at radius 1 is 0.926 bits per heavy atom. The fraction of sp³-hybridized carbons (Fsp3) is 0.333. The number of methoxy groups -OCH3 is 1. The van der Waals surface area contributed by atoms with E-state index in [-0.39, 0.29) is 0 Å². The van der Waals surface area contributed by atoms with Gasteiger partial charge in [0.15, 0.2) is 0 Å². The predicted molar refractivity (Wildman–Crippen MR) is 108 cm³/mol. The normalized spacial score (nSPS) is 21.9. The minimum absolute atomic E-state index is 0.439.